The standard InChI is InChI=1S/C47H29N5O2.2Li/c53-39-23-21-33(36-17-9-25-48-43(36)39)41-31-15-7-8-16-32(31)42(34-22-24-40(54)44-37(34)18-10-26-49-44)38-27-30(19-20-35(38)41)47-51-45(28-11-3-1-4-12-28)50-46(52-47)29-13-5-2-6-14-29;;/h1-27,53-54H;;/q;2*+1. The number of fused-ring (bicyclic) bond motifs is 4. The fourth-order valence-corrected chi connectivity index (χ4v) is 7.67. The van der Waals surface area contributed by atoms with Gasteiger partial charge in [-0.1, -0.05) is 121 Å². The van der Waals surface area contributed by atoms with Crippen molar-refractivity contribution in [1.29, 1.82) is 0 Å². The minimum absolute atomic E-state index is 0. The van der Waals surface area contributed by atoms with Crippen LogP contribution in [0.25, 0.3) is 99.8 Å². The molecule has 0 saturated carbocycles. The zero-order valence-corrected chi connectivity index (χ0v) is 30.7. The molecule has 3 heterocycles. The zero-order valence-electron chi connectivity index (χ0n) is 30.7. The van der Waals surface area contributed by atoms with Crippen molar-refractivity contribution in [2.75, 3.05) is 0 Å². The predicted molar refractivity (Wildman–Crippen MR) is 209 cm³/mol. The maximum absolute atomic E-state index is 13.1. The number of rotatable bonds is 5. The van der Waals surface area contributed by atoms with E-state index in [4.69, 9.17) is 15.0 Å². The second-order valence-corrected chi connectivity index (χ2v) is 13.2. The molecule has 0 atom stereocenters. The molecule has 0 aliphatic rings. The summed E-state index contributed by atoms with van der Waals surface area (Å²) in [5, 5.41) is 31.8. The largest absolute Gasteiger partial charge is 1.00 e. The quantitative estimate of drug-likeness (QED) is 0.202. The molecule has 56 heavy (non-hydrogen) atoms. The van der Waals surface area contributed by atoms with E-state index in [9.17, 15) is 10.2 Å². The van der Waals surface area contributed by atoms with Crippen molar-refractivity contribution in [2.45, 2.75) is 0 Å². The first kappa shape index (κ1) is 36.7. The number of hydrogen-bond acceptors (Lipinski definition) is 5. The minimum Gasteiger partial charge on any atom is -0.868 e. The van der Waals surface area contributed by atoms with Gasteiger partial charge in [-0.05, 0) is 73.5 Å². The number of aromatic nitrogens is 5. The molecule has 3 aromatic heterocycles. The Kier molecular flexibility index (Phi) is 9.87. The van der Waals surface area contributed by atoms with Crippen molar-refractivity contribution in [3.8, 4) is 67.9 Å². The van der Waals surface area contributed by atoms with Crippen molar-refractivity contribution in [2.24, 2.45) is 0 Å². The molecule has 7 nitrogen and oxygen atoms in total. The molecule has 0 aliphatic heterocycles. The van der Waals surface area contributed by atoms with Crippen molar-refractivity contribution in [1.82, 2.24) is 15.0 Å². The summed E-state index contributed by atoms with van der Waals surface area (Å²) in [6.45, 7) is 0. The summed E-state index contributed by atoms with van der Waals surface area (Å²) >= 11 is 0. The van der Waals surface area contributed by atoms with Gasteiger partial charge in [-0.25, -0.2) is 24.9 Å². The molecule has 0 spiro atoms. The summed E-state index contributed by atoms with van der Waals surface area (Å²) < 4.78 is 0. The van der Waals surface area contributed by atoms with Gasteiger partial charge in [0, 0.05) is 28.8 Å². The van der Waals surface area contributed by atoms with E-state index in [0.29, 0.717) is 28.5 Å². The first-order valence-electron chi connectivity index (χ1n) is 17.7. The fourth-order valence-electron chi connectivity index (χ4n) is 7.67. The Balaban J connectivity index is 0.00000220. The average molecular weight is 710 g/mol. The maximum Gasteiger partial charge on any atom is 1.00 e. The van der Waals surface area contributed by atoms with Crippen molar-refractivity contribution in [3.63, 3.8) is 0 Å². The molecule has 0 saturated heterocycles. The molecule has 0 fully saturated rings. The van der Waals surface area contributed by atoms with Gasteiger partial charge in [0.1, 0.15) is 0 Å². The normalized spacial score (nSPS) is 11.1. The summed E-state index contributed by atoms with van der Waals surface area (Å²) in [7, 11) is 0. The van der Waals surface area contributed by atoms with Crippen molar-refractivity contribution >= 4 is 43.4 Å². The molecule has 0 radical (unpaired) electrons. The molecule has 2 N–H and O–H groups in total. The van der Waals surface area contributed by atoms with Crippen LogP contribution in [-0.2, 0) is 0 Å². The number of nitrogens with one attached hydrogen (secondary N) is 2. The Labute approximate surface area is 346 Å². The predicted octanol–water partition coefficient (Wildman–Crippen LogP) is 2.60. The van der Waals surface area contributed by atoms with E-state index >= 15 is 0 Å². The van der Waals surface area contributed by atoms with E-state index in [1.807, 2.05) is 109 Å². The third kappa shape index (κ3) is 6.18. The molecule has 7 aromatic carbocycles. The molecule has 10 rings (SSSR count). The van der Waals surface area contributed by atoms with E-state index in [2.05, 4.69) is 40.3 Å². The van der Waals surface area contributed by atoms with E-state index < -0.39 is 0 Å². The van der Waals surface area contributed by atoms with Gasteiger partial charge in [-0.3, -0.25) is 0 Å². The summed E-state index contributed by atoms with van der Waals surface area (Å²) in [5.74, 6) is 1.54. The Bertz CT molecular complexity index is 3030. The van der Waals surface area contributed by atoms with E-state index in [1.54, 1.807) is 24.5 Å². The summed E-state index contributed by atoms with van der Waals surface area (Å²) in [6, 6.07) is 49.5. The molecule has 0 aliphatic carbocycles. The van der Waals surface area contributed by atoms with Gasteiger partial charge in [-0.15, -0.1) is 0 Å². The van der Waals surface area contributed by atoms with Crippen molar-refractivity contribution < 1.29 is 57.9 Å². The zero-order chi connectivity index (χ0) is 36.2. The number of H-pyrrole nitrogens is 2. The molecule has 0 bridgehead atoms. The second kappa shape index (κ2) is 15.1. The molecular weight excluding hydrogens is 680 g/mol. The third-order valence-corrected chi connectivity index (χ3v) is 10.1. The summed E-state index contributed by atoms with van der Waals surface area (Å²) in [5.41, 5.74) is 7.52. The summed E-state index contributed by atoms with van der Waals surface area (Å²) in [4.78, 5) is 21.4. The monoisotopic (exact) mass is 709 g/mol. The van der Waals surface area contributed by atoms with Crippen LogP contribution in [0.15, 0.2) is 164 Å². The van der Waals surface area contributed by atoms with Crippen LogP contribution in [0.1, 0.15) is 0 Å². The number of hydrogen-bond donors (Lipinski definition) is 0. The van der Waals surface area contributed by atoms with Crippen LogP contribution in [-0.4, -0.2) is 15.0 Å². The number of aromatic amines is 2. The van der Waals surface area contributed by atoms with Crippen LogP contribution in [0.5, 0.6) is 11.5 Å². The summed E-state index contributed by atoms with van der Waals surface area (Å²) in [6.07, 6.45) is 3.56. The Morgan fingerprint density at radius 1 is 0.357 bits per heavy atom. The SMILES string of the molecule is [Li+].[Li+].[O-]c1ccc(-c2c3ccccc3c(-c3ccc([O-])c4[nH+]cccc34)c3cc(-c4nc(-c5ccccc5)nc(-c5ccccc5)n4)ccc23)c2ccc[nH+]c12. The second-order valence-electron chi connectivity index (χ2n) is 13.2. The fraction of sp³-hybridized carbons (Fsp3) is 0. The van der Waals surface area contributed by atoms with Crippen LogP contribution in [0.3, 0.4) is 0 Å². The molecule has 9 heteroatoms. The van der Waals surface area contributed by atoms with E-state index in [1.165, 1.54) is 0 Å². The van der Waals surface area contributed by atoms with Gasteiger partial charge in [0.05, 0.1) is 10.8 Å². The van der Waals surface area contributed by atoms with E-state index in [0.717, 1.165) is 71.3 Å². The molecule has 10 aromatic rings. The Hall–Kier alpha value is -6.32. The van der Waals surface area contributed by atoms with Gasteiger partial charge in [0.25, 0.3) is 0 Å². The number of pyridine rings is 2. The van der Waals surface area contributed by atoms with Crippen LogP contribution in [0, 0.1) is 0 Å². The first-order valence-corrected chi connectivity index (χ1v) is 17.7. The topological polar surface area (TPSA) is 113 Å². The molecule has 0 amide bonds. The maximum atomic E-state index is 13.1. The van der Waals surface area contributed by atoms with Gasteiger partial charge in [0.15, 0.2) is 29.9 Å². The first-order chi connectivity index (χ1) is 26.6. The number of nitrogens with zero attached hydrogens (tertiary/aromatic N) is 3. The van der Waals surface area contributed by atoms with Gasteiger partial charge >= 0.3 is 37.7 Å². The van der Waals surface area contributed by atoms with E-state index in [-0.39, 0.29) is 49.2 Å². The van der Waals surface area contributed by atoms with Gasteiger partial charge < -0.3 is 10.2 Å². The van der Waals surface area contributed by atoms with Crippen LogP contribution in [0.2, 0.25) is 0 Å². The smallest absolute Gasteiger partial charge is 0.868 e. The molecule has 254 valence electrons. The third-order valence-electron chi connectivity index (χ3n) is 10.1. The minimum atomic E-state index is -0.0761. The molecule has 0 unspecified atom stereocenters. The van der Waals surface area contributed by atoms with Crippen LogP contribution < -0.4 is 57.9 Å². The van der Waals surface area contributed by atoms with Crippen LogP contribution in [0.4, 0.5) is 0 Å². The number of benzene rings is 7. The average Bonchev–Trinajstić information content (AvgIpc) is 3.24. The Morgan fingerprint density at radius 3 is 1.27 bits per heavy atom. The Morgan fingerprint density at radius 2 is 0.768 bits per heavy atom. The van der Waals surface area contributed by atoms with Gasteiger partial charge in [0.2, 0.25) is 11.0 Å². The van der Waals surface area contributed by atoms with Crippen LogP contribution >= 0.6 is 0 Å². The van der Waals surface area contributed by atoms with Gasteiger partial charge in [-0.2, -0.15) is 0 Å². The van der Waals surface area contributed by atoms with Crippen molar-refractivity contribution in [3.05, 3.63) is 164 Å². The molecular formula is C47H29Li2N5O2+2.